The van der Waals surface area contributed by atoms with Crippen molar-refractivity contribution in [3.05, 3.63) is 0 Å². The van der Waals surface area contributed by atoms with Crippen LogP contribution in [-0.4, -0.2) is 68.9 Å². The molecule has 0 aliphatic heterocycles. The molecule has 0 atom stereocenters. The molecular weight excluding hydrogens is 199 g/mol. The second kappa shape index (κ2) is 4.36. The second-order valence-electron chi connectivity index (χ2n) is 0.651. The maximum Gasteiger partial charge on any atom is 2.00 e. The maximum atomic E-state index is 10.3. The molecule has 0 saturated heterocycles. The number of hydrogen-bond acceptors (Lipinski definition) is 4. The Kier molecular flexibility index (Phi) is 7.03. The van der Waals surface area contributed by atoms with Gasteiger partial charge in [0.2, 0.25) is 0 Å². The first kappa shape index (κ1) is 11.3. The fourth-order valence-corrected chi connectivity index (χ4v) is 0. The molecule has 0 heterocycles. The van der Waals surface area contributed by atoms with Crippen LogP contribution in [0.2, 0.25) is 0 Å². The zero-order valence-corrected chi connectivity index (χ0v) is 7.81. The Balaban J connectivity index is -0.0000000417. The standard InChI is InChI=1S/FH3O4Si.Sr.2H/c1-5-6(2,3)4;;;/h2-4H;;;/q;+2;2*-1. The van der Waals surface area contributed by atoms with Crippen molar-refractivity contribution in [3.63, 3.8) is 0 Å². The largest absolute Gasteiger partial charge is 2.00 e. The summed E-state index contributed by atoms with van der Waals surface area (Å²) in [5.41, 5.74) is 0. The molecule has 0 spiro atoms. The van der Waals surface area contributed by atoms with Gasteiger partial charge in [-0.05, 0) is 0 Å². The molecule has 0 radical (unpaired) electrons. The van der Waals surface area contributed by atoms with Gasteiger partial charge in [0.15, 0.2) is 0 Å². The van der Waals surface area contributed by atoms with Crippen LogP contribution < -0.4 is 0 Å². The van der Waals surface area contributed by atoms with Crippen LogP contribution >= 0.6 is 0 Å². The summed E-state index contributed by atoms with van der Waals surface area (Å²) in [6.45, 7) is 0. The summed E-state index contributed by atoms with van der Waals surface area (Å²) < 4.78 is 12.6. The molecule has 7 heteroatoms. The predicted octanol–water partition coefficient (Wildman–Crippen LogP) is -1.86. The molecule has 0 bridgehead atoms. The molecule has 0 aliphatic rings. The van der Waals surface area contributed by atoms with Gasteiger partial charge in [0, 0.05) is 0 Å². The van der Waals surface area contributed by atoms with Crippen molar-refractivity contribution in [3.8, 4) is 0 Å². The van der Waals surface area contributed by atoms with E-state index in [4.69, 9.17) is 14.4 Å². The Morgan fingerprint density at radius 3 is 1.57 bits per heavy atom. The van der Waals surface area contributed by atoms with Crippen LogP contribution in [0.3, 0.4) is 0 Å². The van der Waals surface area contributed by atoms with E-state index in [1.54, 1.807) is 0 Å². The van der Waals surface area contributed by atoms with Crippen LogP contribution in [0.4, 0.5) is 4.53 Å². The topological polar surface area (TPSA) is 69.9 Å². The number of hydrogen-bond donors (Lipinski definition) is 3. The average molecular weight is 204 g/mol. The smallest absolute Gasteiger partial charge is 1.00 e. The van der Waals surface area contributed by atoms with Crippen LogP contribution in [0.5, 0.6) is 0 Å². The van der Waals surface area contributed by atoms with Crippen molar-refractivity contribution in [1.29, 1.82) is 0 Å². The molecule has 0 saturated carbocycles. The van der Waals surface area contributed by atoms with Gasteiger partial charge in [0.25, 0.3) is 0 Å². The van der Waals surface area contributed by atoms with Crippen LogP contribution in [0.1, 0.15) is 2.85 Å². The van der Waals surface area contributed by atoms with Gasteiger partial charge in [-0.2, -0.15) is 4.63 Å². The van der Waals surface area contributed by atoms with Crippen LogP contribution in [0, 0.1) is 0 Å². The van der Waals surface area contributed by atoms with Crippen LogP contribution in [0.15, 0.2) is 0 Å². The van der Waals surface area contributed by atoms with Crippen LogP contribution in [0.25, 0.3) is 0 Å². The van der Waals surface area contributed by atoms with E-state index in [1.165, 1.54) is 0 Å². The van der Waals surface area contributed by atoms with E-state index < -0.39 is 9.05 Å². The summed E-state index contributed by atoms with van der Waals surface area (Å²) in [5.74, 6) is 0. The number of halogens is 1. The molecule has 0 unspecified atom stereocenters. The molecule has 42 valence electrons. The van der Waals surface area contributed by atoms with E-state index in [1.807, 2.05) is 0 Å². The number of rotatable bonds is 1. The van der Waals surface area contributed by atoms with Crippen molar-refractivity contribution < 1.29 is 26.4 Å². The minimum atomic E-state index is -4.80. The van der Waals surface area contributed by atoms with Crippen molar-refractivity contribution >= 4 is 54.5 Å². The first-order valence-corrected chi connectivity index (χ1v) is 2.78. The quantitative estimate of drug-likeness (QED) is 0.438. The Morgan fingerprint density at radius 2 is 1.57 bits per heavy atom. The Labute approximate surface area is 80.2 Å². The minimum absolute atomic E-state index is 0. The summed E-state index contributed by atoms with van der Waals surface area (Å²) >= 11 is 0. The molecule has 0 aromatic rings. The Bertz CT molecular complexity index is 48.3. The van der Waals surface area contributed by atoms with Crippen molar-refractivity contribution in [1.82, 2.24) is 0 Å². The van der Waals surface area contributed by atoms with E-state index in [0.717, 1.165) is 0 Å². The summed E-state index contributed by atoms with van der Waals surface area (Å²) in [4.78, 5) is 22.4. The van der Waals surface area contributed by atoms with Gasteiger partial charge in [-0.15, -0.1) is 0 Å². The van der Waals surface area contributed by atoms with Gasteiger partial charge < -0.3 is 17.2 Å². The van der Waals surface area contributed by atoms with Gasteiger partial charge in [-0.3, -0.25) is 0 Å². The van der Waals surface area contributed by atoms with Crippen molar-refractivity contribution in [2.45, 2.75) is 0 Å². The third-order valence-electron chi connectivity index (χ3n) is 0.104. The predicted molar refractivity (Wildman–Crippen MR) is 22.6 cm³/mol. The molecule has 0 aliphatic carbocycles. The zero-order chi connectivity index (χ0) is 5.21. The first-order chi connectivity index (χ1) is 2.56. The van der Waals surface area contributed by atoms with Gasteiger partial charge in [0.1, 0.15) is 0 Å². The molecule has 0 aromatic heterocycles. The van der Waals surface area contributed by atoms with E-state index >= 15 is 0 Å². The second-order valence-corrected chi connectivity index (χ2v) is 1.95. The maximum absolute atomic E-state index is 10.3. The fourth-order valence-electron chi connectivity index (χ4n) is 0. The molecule has 3 N–H and O–H groups in total. The van der Waals surface area contributed by atoms with E-state index in [9.17, 15) is 4.53 Å². The van der Waals surface area contributed by atoms with E-state index in [2.05, 4.69) is 4.63 Å². The molecule has 0 aromatic carbocycles. The molecule has 0 amide bonds. The van der Waals surface area contributed by atoms with Gasteiger partial charge >= 0.3 is 54.5 Å². The van der Waals surface area contributed by atoms with E-state index in [-0.39, 0.29) is 48.3 Å². The van der Waals surface area contributed by atoms with Crippen molar-refractivity contribution in [2.24, 2.45) is 0 Å². The molecular formula is H5FO4SiSr. The SMILES string of the molecule is O[Si](O)(O)OF.[H-].[H-].[Sr+2]. The van der Waals surface area contributed by atoms with Gasteiger partial charge in [-0.25, -0.2) is 0 Å². The van der Waals surface area contributed by atoms with Crippen LogP contribution in [-0.2, 0) is 4.63 Å². The Morgan fingerprint density at radius 1 is 1.43 bits per heavy atom. The summed E-state index contributed by atoms with van der Waals surface area (Å²) in [5, 5.41) is 0. The fraction of sp³-hybridized carbons (Fsp3) is 0. The third-order valence-corrected chi connectivity index (χ3v) is 0.311. The summed E-state index contributed by atoms with van der Waals surface area (Å²) in [7, 11) is -4.80. The molecule has 7 heavy (non-hydrogen) atoms. The summed E-state index contributed by atoms with van der Waals surface area (Å²) in [6.07, 6.45) is 0. The van der Waals surface area contributed by atoms with Crippen molar-refractivity contribution in [2.75, 3.05) is 0 Å². The first-order valence-electron chi connectivity index (χ1n) is 1.03. The molecule has 0 fully saturated rings. The third kappa shape index (κ3) is 11.2. The van der Waals surface area contributed by atoms with E-state index in [0.29, 0.717) is 0 Å². The minimum Gasteiger partial charge on any atom is -1.00 e. The normalized spacial score (nSPS) is 10.3. The monoisotopic (exact) mass is 204 g/mol. The molecule has 4 nitrogen and oxygen atoms in total. The Hall–Kier alpha value is 1.47. The van der Waals surface area contributed by atoms with Gasteiger partial charge in [-0.1, -0.05) is 4.53 Å². The zero-order valence-electron chi connectivity index (χ0n) is 5.33. The average Bonchev–Trinajstić information content (AvgIpc) is 1.35. The summed E-state index contributed by atoms with van der Waals surface area (Å²) in [6, 6.07) is 0. The van der Waals surface area contributed by atoms with Gasteiger partial charge in [0.05, 0.1) is 0 Å². The molecule has 0 rings (SSSR count).